The van der Waals surface area contributed by atoms with Crippen LogP contribution in [-0.4, -0.2) is 43.1 Å². The lowest BCUT2D eigenvalue weighted by molar-refractivity contribution is -0.120. The van der Waals surface area contributed by atoms with E-state index in [0.717, 1.165) is 18.8 Å². The molecule has 1 saturated heterocycles. The fourth-order valence-corrected chi connectivity index (χ4v) is 2.62. The van der Waals surface area contributed by atoms with E-state index < -0.39 is 0 Å². The van der Waals surface area contributed by atoms with E-state index in [1.807, 2.05) is 35.2 Å². The third-order valence-corrected chi connectivity index (χ3v) is 3.91. The predicted octanol–water partition coefficient (Wildman–Crippen LogP) is 1.38. The summed E-state index contributed by atoms with van der Waals surface area (Å²) in [5.41, 5.74) is 1.79. The molecule has 1 fully saturated rings. The fourth-order valence-electron chi connectivity index (χ4n) is 2.62. The van der Waals surface area contributed by atoms with Crippen LogP contribution in [0.15, 0.2) is 48.7 Å². The Hall–Kier alpha value is -3.09. The number of piperazine rings is 1. The van der Waals surface area contributed by atoms with Crippen LogP contribution >= 0.6 is 0 Å². The molecular formula is C18H21N5O2. The van der Waals surface area contributed by atoms with Crippen LogP contribution in [0.25, 0.3) is 0 Å². The summed E-state index contributed by atoms with van der Waals surface area (Å²) >= 11 is 0. The van der Waals surface area contributed by atoms with Crippen LogP contribution < -0.4 is 20.9 Å². The van der Waals surface area contributed by atoms with Gasteiger partial charge in [-0.1, -0.05) is 30.3 Å². The standard InChI is InChI=1S/C18H21N5O2/c24-17-13-23(11-10-19-17)16-7-6-15(12-21-16)22-18(25)20-9-8-14-4-2-1-3-5-14/h1-7,12H,8-11,13H2,(H,19,24)(H2,20,22,25). The van der Waals surface area contributed by atoms with E-state index in [9.17, 15) is 9.59 Å². The highest BCUT2D eigenvalue weighted by Gasteiger charge is 2.17. The zero-order valence-corrected chi connectivity index (χ0v) is 13.9. The number of hydrogen-bond donors (Lipinski definition) is 3. The van der Waals surface area contributed by atoms with Gasteiger partial charge in [0, 0.05) is 19.6 Å². The summed E-state index contributed by atoms with van der Waals surface area (Å²) in [7, 11) is 0. The highest BCUT2D eigenvalue weighted by Crippen LogP contribution is 2.14. The second-order valence-corrected chi connectivity index (χ2v) is 5.79. The molecule has 25 heavy (non-hydrogen) atoms. The van der Waals surface area contributed by atoms with Crippen LogP contribution in [0.3, 0.4) is 0 Å². The number of carbonyl (C=O) groups is 2. The highest BCUT2D eigenvalue weighted by atomic mass is 16.2. The van der Waals surface area contributed by atoms with Crippen LogP contribution in [0.5, 0.6) is 0 Å². The van der Waals surface area contributed by atoms with Gasteiger partial charge in [-0.2, -0.15) is 0 Å². The molecule has 1 aliphatic heterocycles. The lowest BCUT2D eigenvalue weighted by Crippen LogP contribution is -2.48. The molecule has 2 aromatic rings. The summed E-state index contributed by atoms with van der Waals surface area (Å²) in [6.07, 6.45) is 2.38. The molecule has 7 heteroatoms. The average molecular weight is 339 g/mol. The average Bonchev–Trinajstić information content (AvgIpc) is 2.63. The van der Waals surface area contributed by atoms with E-state index in [0.29, 0.717) is 25.3 Å². The van der Waals surface area contributed by atoms with Crippen LogP contribution in [0.4, 0.5) is 16.3 Å². The fraction of sp³-hybridized carbons (Fsp3) is 0.278. The Bertz CT molecular complexity index is 718. The summed E-state index contributed by atoms with van der Waals surface area (Å²) in [6, 6.07) is 13.3. The Labute approximate surface area is 146 Å². The van der Waals surface area contributed by atoms with Gasteiger partial charge in [0.15, 0.2) is 0 Å². The number of amides is 3. The predicted molar refractivity (Wildman–Crippen MR) is 96.6 cm³/mol. The van der Waals surface area contributed by atoms with Gasteiger partial charge < -0.3 is 20.9 Å². The summed E-state index contributed by atoms with van der Waals surface area (Å²) < 4.78 is 0. The van der Waals surface area contributed by atoms with Gasteiger partial charge in [0.1, 0.15) is 5.82 Å². The minimum atomic E-state index is -0.261. The van der Waals surface area contributed by atoms with Crippen molar-refractivity contribution in [3.63, 3.8) is 0 Å². The molecular weight excluding hydrogens is 318 g/mol. The molecule has 3 N–H and O–H groups in total. The third-order valence-electron chi connectivity index (χ3n) is 3.91. The lowest BCUT2D eigenvalue weighted by atomic mass is 10.1. The SMILES string of the molecule is O=C1CN(c2ccc(NC(=O)NCCc3ccccc3)cn2)CCN1. The van der Waals surface area contributed by atoms with E-state index >= 15 is 0 Å². The molecule has 1 aromatic carbocycles. The highest BCUT2D eigenvalue weighted by molar-refractivity contribution is 5.89. The number of nitrogens with one attached hydrogen (secondary N) is 3. The first kappa shape index (κ1) is 16.8. The summed E-state index contributed by atoms with van der Waals surface area (Å²) in [6.45, 7) is 2.21. The van der Waals surface area contributed by atoms with Crippen molar-refractivity contribution >= 4 is 23.4 Å². The van der Waals surface area contributed by atoms with Gasteiger partial charge in [-0.05, 0) is 24.1 Å². The summed E-state index contributed by atoms with van der Waals surface area (Å²) in [5.74, 6) is 0.720. The lowest BCUT2D eigenvalue weighted by Gasteiger charge is -2.27. The van der Waals surface area contributed by atoms with Gasteiger partial charge in [-0.3, -0.25) is 4.79 Å². The maximum Gasteiger partial charge on any atom is 0.319 e. The molecule has 130 valence electrons. The minimum Gasteiger partial charge on any atom is -0.353 e. The molecule has 0 spiro atoms. The molecule has 0 unspecified atom stereocenters. The molecule has 3 amide bonds. The van der Waals surface area contributed by atoms with Crippen molar-refractivity contribution in [3.05, 3.63) is 54.2 Å². The Morgan fingerprint density at radius 3 is 2.76 bits per heavy atom. The van der Waals surface area contributed by atoms with Crippen molar-refractivity contribution < 1.29 is 9.59 Å². The van der Waals surface area contributed by atoms with Crippen molar-refractivity contribution in [1.29, 1.82) is 0 Å². The van der Waals surface area contributed by atoms with Gasteiger partial charge in [0.25, 0.3) is 0 Å². The molecule has 0 aliphatic carbocycles. The number of hydrogen-bond acceptors (Lipinski definition) is 4. The maximum absolute atomic E-state index is 11.9. The number of rotatable bonds is 5. The topological polar surface area (TPSA) is 86.4 Å². The molecule has 0 atom stereocenters. The van der Waals surface area contributed by atoms with Gasteiger partial charge in [-0.25, -0.2) is 9.78 Å². The molecule has 0 radical (unpaired) electrons. The Balaban J connectivity index is 1.46. The first-order chi connectivity index (χ1) is 12.2. The number of carbonyl (C=O) groups excluding carboxylic acids is 2. The van der Waals surface area contributed by atoms with E-state index in [1.165, 1.54) is 5.56 Å². The van der Waals surface area contributed by atoms with E-state index in [-0.39, 0.29) is 11.9 Å². The van der Waals surface area contributed by atoms with Crippen LogP contribution in [0.1, 0.15) is 5.56 Å². The first-order valence-corrected chi connectivity index (χ1v) is 8.27. The van der Waals surface area contributed by atoms with E-state index in [1.54, 1.807) is 18.3 Å². The molecule has 0 bridgehead atoms. The first-order valence-electron chi connectivity index (χ1n) is 8.27. The maximum atomic E-state index is 11.9. The van der Waals surface area contributed by atoms with Crippen molar-refractivity contribution in [2.75, 3.05) is 36.4 Å². The monoisotopic (exact) mass is 339 g/mol. The second-order valence-electron chi connectivity index (χ2n) is 5.79. The minimum absolute atomic E-state index is 0.00644. The molecule has 3 rings (SSSR count). The van der Waals surface area contributed by atoms with Gasteiger partial charge in [0.05, 0.1) is 18.4 Å². The van der Waals surface area contributed by atoms with Crippen LogP contribution in [0.2, 0.25) is 0 Å². The number of pyridine rings is 1. The van der Waals surface area contributed by atoms with Gasteiger partial charge in [0.2, 0.25) is 5.91 Å². The van der Waals surface area contributed by atoms with Crippen molar-refractivity contribution in [3.8, 4) is 0 Å². The van der Waals surface area contributed by atoms with Crippen LogP contribution in [-0.2, 0) is 11.2 Å². The number of anilines is 2. The number of aromatic nitrogens is 1. The van der Waals surface area contributed by atoms with Crippen LogP contribution in [0, 0.1) is 0 Å². The summed E-state index contributed by atoms with van der Waals surface area (Å²) in [4.78, 5) is 29.6. The van der Waals surface area contributed by atoms with Gasteiger partial charge >= 0.3 is 6.03 Å². The summed E-state index contributed by atoms with van der Waals surface area (Å²) in [5, 5.41) is 8.36. The Kier molecular flexibility index (Phi) is 5.46. The van der Waals surface area contributed by atoms with Crippen molar-refractivity contribution in [1.82, 2.24) is 15.6 Å². The molecule has 1 aromatic heterocycles. The zero-order valence-electron chi connectivity index (χ0n) is 13.9. The number of urea groups is 1. The van der Waals surface area contributed by atoms with Crippen molar-refractivity contribution in [2.24, 2.45) is 0 Å². The zero-order chi connectivity index (χ0) is 17.5. The number of nitrogens with zero attached hydrogens (tertiary/aromatic N) is 2. The van der Waals surface area contributed by atoms with E-state index in [4.69, 9.17) is 0 Å². The smallest absolute Gasteiger partial charge is 0.319 e. The largest absolute Gasteiger partial charge is 0.353 e. The Morgan fingerprint density at radius 2 is 2.04 bits per heavy atom. The second kappa shape index (κ2) is 8.14. The van der Waals surface area contributed by atoms with Gasteiger partial charge in [-0.15, -0.1) is 0 Å². The number of benzene rings is 1. The normalized spacial score (nSPS) is 13.9. The molecule has 0 saturated carbocycles. The quantitative estimate of drug-likeness (QED) is 0.768. The molecule has 1 aliphatic rings. The molecule has 7 nitrogen and oxygen atoms in total. The molecule has 2 heterocycles. The third kappa shape index (κ3) is 4.94. The Morgan fingerprint density at radius 1 is 1.20 bits per heavy atom. The van der Waals surface area contributed by atoms with Crippen molar-refractivity contribution in [2.45, 2.75) is 6.42 Å². The van der Waals surface area contributed by atoms with E-state index in [2.05, 4.69) is 20.9 Å².